The summed E-state index contributed by atoms with van der Waals surface area (Å²) in [5, 5.41) is 27.2. The SMILES string of the molecule is N#CC(C#N)=C1C=C(COC(=O)c2ccccc2)c2ccc(OCCOCCOCCO)cc2O1. The Morgan fingerprint density at radius 2 is 1.66 bits per heavy atom. The van der Waals surface area contributed by atoms with E-state index in [1.807, 2.05) is 12.1 Å². The lowest BCUT2D eigenvalue weighted by molar-refractivity contribution is 0.0247. The first-order valence-corrected chi connectivity index (χ1v) is 10.8. The topological polar surface area (TPSA) is 131 Å². The molecule has 0 radical (unpaired) electrons. The summed E-state index contributed by atoms with van der Waals surface area (Å²) in [7, 11) is 0. The van der Waals surface area contributed by atoms with E-state index >= 15 is 0 Å². The predicted octanol–water partition coefficient (Wildman–Crippen LogP) is 3.02. The lowest BCUT2D eigenvalue weighted by Crippen LogP contribution is -2.13. The highest BCUT2D eigenvalue weighted by Crippen LogP contribution is 2.37. The van der Waals surface area contributed by atoms with Crippen LogP contribution in [0.3, 0.4) is 0 Å². The van der Waals surface area contributed by atoms with Gasteiger partial charge in [0.2, 0.25) is 0 Å². The van der Waals surface area contributed by atoms with Crippen LogP contribution < -0.4 is 9.47 Å². The van der Waals surface area contributed by atoms with Crippen molar-refractivity contribution in [2.45, 2.75) is 0 Å². The van der Waals surface area contributed by atoms with Gasteiger partial charge in [0.25, 0.3) is 0 Å². The molecule has 9 heteroatoms. The van der Waals surface area contributed by atoms with Crippen LogP contribution >= 0.6 is 0 Å². The van der Waals surface area contributed by atoms with E-state index in [-0.39, 0.29) is 37.8 Å². The monoisotopic (exact) mass is 476 g/mol. The van der Waals surface area contributed by atoms with Crippen molar-refractivity contribution >= 4 is 11.5 Å². The third-order valence-electron chi connectivity index (χ3n) is 4.77. The van der Waals surface area contributed by atoms with E-state index in [1.54, 1.807) is 48.5 Å². The second-order valence-corrected chi connectivity index (χ2v) is 7.13. The molecule has 180 valence electrons. The highest BCUT2D eigenvalue weighted by Gasteiger charge is 2.22. The number of nitriles is 2. The number of ether oxygens (including phenoxy) is 5. The van der Waals surface area contributed by atoms with Crippen molar-refractivity contribution in [1.29, 1.82) is 10.5 Å². The van der Waals surface area contributed by atoms with Crippen LogP contribution in [0.5, 0.6) is 11.5 Å². The van der Waals surface area contributed by atoms with E-state index in [4.69, 9.17) is 28.8 Å². The number of aliphatic hydroxyl groups excluding tert-OH is 1. The Morgan fingerprint density at radius 1 is 0.943 bits per heavy atom. The van der Waals surface area contributed by atoms with Gasteiger partial charge in [0.05, 0.1) is 38.6 Å². The number of aliphatic hydroxyl groups is 1. The molecule has 1 N–H and O–H groups in total. The maximum atomic E-state index is 12.4. The Morgan fingerprint density at radius 3 is 2.37 bits per heavy atom. The fraction of sp³-hybridized carbons (Fsp3) is 0.269. The zero-order chi connectivity index (χ0) is 24.9. The lowest BCUT2D eigenvalue weighted by Gasteiger charge is -2.21. The molecule has 0 aromatic heterocycles. The number of hydrogen-bond acceptors (Lipinski definition) is 9. The molecule has 0 unspecified atom stereocenters. The van der Waals surface area contributed by atoms with Crippen LogP contribution in [0.15, 0.2) is 65.9 Å². The van der Waals surface area contributed by atoms with Crippen molar-refractivity contribution in [2.75, 3.05) is 46.2 Å². The molecule has 0 saturated carbocycles. The summed E-state index contributed by atoms with van der Waals surface area (Å²) in [5.41, 5.74) is 1.43. The first-order valence-electron chi connectivity index (χ1n) is 10.8. The first-order chi connectivity index (χ1) is 17.2. The summed E-state index contributed by atoms with van der Waals surface area (Å²) in [6.45, 7) is 1.53. The number of carbonyl (C=O) groups excluding carboxylic acids is 1. The fourth-order valence-electron chi connectivity index (χ4n) is 3.11. The smallest absolute Gasteiger partial charge is 0.338 e. The van der Waals surface area contributed by atoms with Crippen LogP contribution in [0.4, 0.5) is 0 Å². The van der Waals surface area contributed by atoms with Crippen molar-refractivity contribution in [3.05, 3.63) is 77.1 Å². The maximum absolute atomic E-state index is 12.4. The largest absolute Gasteiger partial charge is 0.491 e. The molecule has 0 spiro atoms. The van der Waals surface area contributed by atoms with E-state index in [2.05, 4.69) is 0 Å². The molecule has 3 rings (SSSR count). The number of allylic oxidation sites excluding steroid dienone is 2. The van der Waals surface area contributed by atoms with Crippen molar-refractivity contribution in [3.8, 4) is 23.6 Å². The van der Waals surface area contributed by atoms with Crippen molar-refractivity contribution in [1.82, 2.24) is 0 Å². The van der Waals surface area contributed by atoms with Gasteiger partial charge in [-0.3, -0.25) is 0 Å². The summed E-state index contributed by atoms with van der Waals surface area (Å²) < 4.78 is 27.5. The second kappa shape index (κ2) is 13.5. The molecule has 1 aliphatic heterocycles. The highest BCUT2D eigenvalue weighted by atomic mass is 16.5. The number of fused-ring (bicyclic) bond motifs is 1. The van der Waals surface area contributed by atoms with E-state index in [1.165, 1.54) is 6.08 Å². The quantitative estimate of drug-likeness (QED) is 0.279. The van der Waals surface area contributed by atoms with Gasteiger partial charge >= 0.3 is 5.97 Å². The molecule has 0 amide bonds. The van der Waals surface area contributed by atoms with Gasteiger partial charge in [-0.25, -0.2) is 4.79 Å². The molecule has 2 aromatic rings. The maximum Gasteiger partial charge on any atom is 0.338 e. The average Bonchev–Trinajstić information content (AvgIpc) is 2.89. The van der Waals surface area contributed by atoms with Gasteiger partial charge in [0.15, 0.2) is 11.3 Å². The van der Waals surface area contributed by atoms with E-state index in [9.17, 15) is 15.3 Å². The van der Waals surface area contributed by atoms with Crippen LogP contribution in [-0.2, 0) is 14.2 Å². The number of rotatable bonds is 12. The summed E-state index contributed by atoms with van der Waals surface area (Å²) in [6, 6.07) is 17.3. The molecule has 0 bridgehead atoms. The summed E-state index contributed by atoms with van der Waals surface area (Å²) in [5.74, 6) is 0.442. The number of esters is 1. The Labute approximate surface area is 203 Å². The van der Waals surface area contributed by atoms with Crippen LogP contribution in [0.2, 0.25) is 0 Å². The zero-order valence-electron chi connectivity index (χ0n) is 18.9. The van der Waals surface area contributed by atoms with Crippen molar-refractivity contribution in [3.63, 3.8) is 0 Å². The standard InChI is InChI=1S/C26H24N2O7/c27-16-21(17-28)24-14-20(18-34-26(30)19-4-2-1-3-5-19)23-7-6-22(15-25(23)35-24)33-13-12-32-11-10-31-9-8-29/h1-7,14-15,29H,8-13,18H2. The van der Waals surface area contributed by atoms with Gasteiger partial charge in [-0.2, -0.15) is 10.5 Å². The average molecular weight is 476 g/mol. The van der Waals surface area contributed by atoms with Crippen LogP contribution in [0.1, 0.15) is 15.9 Å². The third-order valence-corrected chi connectivity index (χ3v) is 4.77. The van der Waals surface area contributed by atoms with E-state index in [0.29, 0.717) is 48.0 Å². The third kappa shape index (κ3) is 7.42. The van der Waals surface area contributed by atoms with Gasteiger partial charge in [0.1, 0.15) is 36.9 Å². The molecular formula is C26H24N2O7. The van der Waals surface area contributed by atoms with Gasteiger partial charge < -0.3 is 28.8 Å². The van der Waals surface area contributed by atoms with Crippen LogP contribution in [-0.4, -0.2) is 57.3 Å². The Bertz CT molecular complexity index is 1140. The normalized spacial score (nSPS) is 11.9. The molecule has 0 fully saturated rings. The lowest BCUT2D eigenvalue weighted by atomic mass is 10.0. The van der Waals surface area contributed by atoms with Crippen LogP contribution in [0, 0.1) is 22.7 Å². The number of hydrogen-bond donors (Lipinski definition) is 1. The number of nitrogens with zero attached hydrogens (tertiary/aromatic N) is 2. The molecule has 9 nitrogen and oxygen atoms in total. The predicted molar refractivity (Wildman–Crippen MR) is 124 cm³/mol. The minimum absolute atomic E-state index is 0.0308. The van der Waals surface area contributed by atoms with Crippen molar-refractivity contribution < 1.29 is 33.6 Å². The zero-order valence-corrected chi connectivity index (χ0v) is 18.9. The second-order valence-electron chi connectivity index (χ2n) is 7.13. The Hall–Kier alpha value is -4.15. The van der Waals surface area contributed by atoms with Crippen LogP contribution in [0.25, 0.3) is 5.57 Å². The molecule has 0 aliphatic carbocycles. The molecule has 0 saturated heterocycles. The number of benzene rings is 2. The molecule has 35 heavy (non-hydrogen) atoms. The van der Waals surface area contributed by atoms with E-state index in [0.717, 1.165) is 0 Å². The van der Waals surface area contributed by atoms with Gasteiger partial charge in [-0.15, -0.1) is 0 Å². The molecule has 0 atom stereocenters. The highest BCUT2D eigenvalue weighted by molar-refractivity contribution is 5.90. The molecule has 1 aliphatic rings. The summed E-state index contributed by atoms with van der Waals surface area (Å²) >= 11 is 0. The molecular weight excluding hydrogens is 452 g/mol. The Kier molecular flexibility index (Phi) is 9.85. The van der Waals surface area contributed by atoms with Gasteiger partial charge in [0, 0.05) is 17.2 Å². The summed E-state index contributed by atoms with van der Waals surface area (Å²) in [4.78, 5) is 12.4. The van der Waals surface area contributed by atoms with E-state index < -0.39 is 5.97 Å². The van der Waals surface area contributed by atoms with Crippen molar-refractivity contribution in [2.24, 2.45) is 0 Å². The fourth-order valence-corrected chi connectivity index (χ4v) is 3.11. The van der Waals surface area contributed by atoms with Gasteiger partial charge in [-0.05, 0) is 30.3 Å². The summed E-state index contributed by atoms with van der Waals surface area (Å²) in [6.07, 6.45) is 1.52. The first kappa shape index (κ1) is 25.5. The molecule has 2 aromatic carbocycles. The number of carbonyl (C=O) groups is 1. The molecule has 1 heterocycles. The van der Waals surface area contributed by atoms with Gasteiger partial charge in [-0.1, -0.05) is 18.2 Å². The minimum Gasteiger partial charge on any atom is -0.491 e. The Balaban J connectivity index is 1.68. The minimum atomic E-state index is -0.493.